The van der Waals surface area contributed by atoms with E-state index in [0.29, 0.717) is 5.25 Å². The van der Waals surface area contributed by atoms with Crippen molar-refractivity contribution in [1.82, 2.24) is 9.78 Å². The summed E-state index contributed by atoms with van der Waals surface area (Å²) in [6.45, 7) is 9.62. The maximum absolute atomic E-state index is 6.17. The molecule has 3 nitrogen and oxygen atoms in total. The van der Waals surface area contributed by atoms with E-state index in [9.17, 15) is 0 Å². The summed E-state index contributed by atoms with van der Waals surface area (Å²) < 4.78 is 2.08. The van der Waals surface area contributed by atoms with E-state index in [1.54, 1.807) is 0 Å². The molecule has 1 aromatic heterocycles. The summed E-state index contributed by atoms with van der Waals surface area (Å²) in [6.07, 6.45) is 1.93. The molecule has 0 bridgehead atoms. The first-order chi connectivity index (χ1) is 8.06. The third-order valence-electron chi connectivity index (χ3n) is 2.69. The number of nitrogens with two attached hydrogens (primary N) is 1. The Kier molecular flexibility index (Phi) is 6.06. The van der Waals surface area contributed by atoms with Crippen molar-refractivity contribution in [3.63, 3.8) is 0 Å². The highest BCUT2D eigenvalue weighted by molar-refractivity contribution is 7.99. The van der Waals surface area contributed by atoms with Crippen molar-refractivity contribution in [2.45, 2.75) is 58.4 Å². The molecule has 1 rings (SSSR count). The first-order valence-electron chi connectivity index (χ1n) is 6.49. The zero-order valence-electron chi connectivity index (χ0n) is 11.4. The Hall–Kier alpha value is -0.480. The first-order valence-corrected chi connectivity index (χ1v) is 7.54. The molecule has 1 aromatic rings. The molecule has 17 heavy (non-hydrogen) atoms. The standard InChI is InChI=1S/C13H25N3S/c1-5-12-8-13(16(6-2)15-12)7-11(14)9-17-10(3)4/h8,10-11H,5-7,9,14H2,1-4H3. The molecule has 0 saturated heterocycles. The van der Waals surface area contributed by atoms with Gasteiger partial charge in [-0.3, -0.25) is 4.68 Å². The molecule has 0 fully saturated rings. The summed E-state index contributed by atoms with van der Waals surface area (Å²) in [7, 11) is 0. The lowest BCUT2D eigenvalue weighted by Gasteiger charge is -2.13. The Labute approximate surface area is 109 Å². The van der Waals surface area contributed by atoms with Crippen LogP contribution in [0.5, 0.6) is 0 Å². The van der Waals surface area contributed by atoms with Gasteiger partial charge < -0.3 is 5.73 Å². The van der Waals surface area contributed by atoms with Gasteiger partial charge in [0.2, 0.25) is 0 Å². The normalized spacial score (nSPS) is 13.3. The molecular weight excluding hydrogens is 230 g/mol. The van der Waals surface area contributed by atoms with Crippen LogP contribution in [-0.2, 0) is 19.4 Å². The van der Waals surface area contributed by atoms with Crippen LogP contribution in [0.4, 0.5) is 0 Å². The van der Waals surface area contributed by atoms with E-state index in [1.807, 2.05) is 11.8 Å². The summed E-state index contributed by atoms with van der Waals surface area (Å²) in [5.74, 6) is 1.02. The molecule has 0 aliphatic heterocycles. The Bertz CT molecular complexity index is 333. The number of aromatic nitrogens is 2. The summed E-state index contributed by atoms with van der Waals surface area (Å²) in [5, 5.41) is 5.21. The van der Waals surface area contributed by atoms with Gasteiger partial charge in [0.25, 0.3) is 0 Å². The number of aryl methyl sites for hydroxylation is 2. The van der Waals surface area contributed by atoms with Crippen LogP contribution in [0.25, 0.3) is 0 Å². The molecular formula is C13H25N3S. The molecule has 0 spiro atoms. The van der Waals surface area contributed by atoms with E-state index in [-0.39, 0.29) is 6.04 Å². The van der Waals surface area contributed by atoms with E-state index in [4.69, 9.17) is 5.73 Å². The summed E-state index contributed by atoms with van der Waals surface area (Å²) >= 11 is 1.93. The largest absolute Gasteiger partial charge is 0.327 e. The second-order valence-electron chi connectivity index (χ2n) is 4.64. The van der Waals surface area contributed by atoms with Crippen molar-refractivity contribution in [2.75, 3.05) is 5.75 Å². The molecule has 1 unspecified atom stereocenters. The molecule has 0 radical (unpaired) electrons. The van der Waals surface area contributed by atoms with E-state index in [2.05, 4.69) is 43.5 Å². The predicted octanol–water partition coefficient (Wildman–Crippen LogP) is 2.48. The van der Waals surface area contributed by atoms with Gasteiger partial charge in [0, 0.05) is 30.5 Å². The van der Waals surface area contributed by atoms with Gasteiger partial charge in [0.05, 0.1) is 5.69 Å². The first kappa shape index (κ1) is 14.6. The van der Waals surface area contributed by atoms with Crippen molar-refractivity contribution in [1.29, 1.82) is 0 Å². The molecule has 4 heteroatoms. The number of nitrogens with zero attached hydrogens (tertiary/aromatic N) is 2. The number of thioether (sulfide) groups is 1. The SMILES string of the molecule is CCc1cc(CC(N)CSC(C)C)n(CC)n1. The molecule has 98 valence electrons. The molecule has 1 atom stereocenters. The molecule has 0 saturated carbocycles. The van der Waals surface area contributed by atoms with Crippen molar-refractivity contribution in [3.8, 4) is 0 Å². The maximum Gasteiger partial charge on any atom is 0.0624 e. The lowest BCUT2D eigenvalue weighted by Crippen LogP contribution is -2.27. The van der Waals surface area contributed by atoms with Gasteiger partial charge in [-0.25, -0.2) is 0 Å². The molecule has 0 aromatic carbocycles. The van der Waals surface area contributed by atoms with Gasteiger partial charge >= 0.3 is 0 Å². The zero-order valence-corrected chi connectivity index (χ0v) is 12.3. The van der Waals surface area contributed by atoms with Crippen molar-refractivity contribution >= 4 is 11.8 Å². The predicted molar refractivity (Wildman–Crippen MR) is 76.6 cm³/mol. The summed E-state index contributed by atoms with van der Waals surface area (Å²) in [6, 6.07) is 2.43. The van der Waals surface area contributed by atoms with Crippen molar-refractivity contribution in [2.24, 2.45) is 5.73 Å². The lowest BCUT2D eigenvalue weighted by molar-refractivity contribution is 0.591. The topological polar surface area (TPSA) is 43.8 Å². The van der Waals surface area contributed by atoms with Crippen LogP contribution in [0.3, 0.4) is 0 Å². The van der Waals surface area contributed by atoms with E-state index >= 15 is 0 Å². The Morgan fingerprint density at radius 1 is 1.41 bits per heavy atom. The summed E-state index contributed by atoms with van der Waals surface area (Å²) in [4.78, 5) is 0. The Morgan fingerprint density at radius 3 is 2.65 bits per heavy atom. The third kappa shape index (κ3) is 4.72. The highest BCUT2D eigenvalue weighted by Gasteiger charge is 2.11. The lowest BCUT2D eigenvalue weighted by atomic mass is 10.2. The Morgan fingerprint density at radius 2 is 2.12 bits per heavy atom. The second-order valence-corrected chi connectivity index (χ2v) is 6.25. The minimum atomic E-state index is 0.231. The van der Waals surface area contributed by atoms with Crippen LogP contribution in [0.2, 0.25) is 0 Å². The highest BCUT2D eigenvalue weighted by Crippen LogP contribution is 2.13. The minimum Gasteiger partial charge on any atom is -0.327 e. The van der Waals surface area contributed by atoms with Crippen molar-refractivity contribution < 1.29 is 0 Å². The Balaban J connectivity index is 2.57. The number of rotatable bonds is 7. The van der Waals surface area contributed by atoms with E-state index < -0.39 is 0 Å². The van der Waals surface area contributed by atoms with Gasteiger partial charge in [-0.1, -0.05) is 20.8 Å². The zero-order chi connectivity index (χ0) is 12.8. The van der Waals surface area contributed by atoms with Crippen LogP contribution in [-0.4, -0.2) is 26.8 Å². The molecule has 2 N–H and O–H groups in total. The fourth-order valence-electron chi connectivity index (χ4n) is 1.77. The van der Waals surface area contributed by atoms with Crippen LogP contribution in [0.15, 0.2) is 6.07 Å². The number of hydrogen-bond donors (Lipinski definition) is 1. The van der Waals surface area contributed by atoms with Crippen LogP contribution in [0.1, 0.15) is 39.1 Å². The van der Waals surface area contributed by atoms with Crippen molar-refractivity contribution in [3.05, 3.63) is 17.5 Å². The average Bonchev–Trinajstić information content (AvgIpc) is 2.68. The van der Waals surface area contributed by atoms with E-state index in [1.165, 1.54) is 11.4 Å². The summed E-state index contributed by atoms with van der Waals surface area (Å²) in [5.41, 5.74) is 8.62. The second kappa shape index (κ2) is 7.07. The van der Waals surface area contributed by atoms with Gasteiger partial charge in [-0.15, -0.1) is 0 Å². The fraction of sp³-hybridized carbons (Fsp3) is 0.769. The van der Waals surface area contributed by atoms with Crippen LogP contribution in [0, 0.1) is 0 Å². The smallest absolute Gasteiger partial charge is 0.0624 e. The highest BCUT2D eigenvalue weighted by atomic mass is 32.2. The molecule has 0 aliphatic rings. The monoisotopic (exact) mass is 255 g/mol. The molecule has 0 aliphatic carbocycles. The fourth-order valence-corrected chi connectivity index (χ4v) is 2.52. The van der Waals surface area contributed by atoms with Crippen LogP contribution >= 0.6 is 11.8 Å². The van der Waals surface area contributed by atoms with Crippen LogP contribution < -0.4 is 5.73 Å². The number of hydrogen-bond acceptors (Lipinski definition) is 3. The van der Waals surface area contributed by atoms with E-state index in [0.717, 1.165) is 25.1 Å². The van der Waals surface area contributed by atoms with Gasteiger partial charge in [-0.05, 0) is 24.7 Å². The minimum absolute atomic E-state index is 0.231. The average molecular weight is 255 g/mol. The molecule has 1 heterocycles. The van der Waals surface area contributed by atoms with Gasteiger partial charge in [0.15, 0.2) is 0 Å². The third-order valence-corrected chi connectivity index (χ3v) is 3.98. The maximum atomic E-state index is 6.17. The quantitative estimate of drug-likeness (QED) is 0.814. The van der Waals surface area contributed by atoms with Gasteiger partial charge in [0.1, 0.15) is 0 Å². The molecule has 0 amide bonds. The van der Waals surface area contributed by atoms with Gasteiger partial charge in [-0.2, -0.15) is 16.9 Å².